The van der Waals surface area contributed by atoms with Gasteiger partial charge in [0.15, 0.2) is 5.82 Å². The highest BCUT2D eigenvalue weighted by molar-refractivity contribution is 9.10. The summed E-state index contributed by atoms with van der Waals surface area (Å²) in [5.41, 5.74) is 0.847. The zero-order valence-electron chi connectivity index (χ0n) is 13.3. The van der Waals surface area contributed by atoms with E-state index in [9.17, 15) is 9.59 Å². The molecule has 1 saturated heterocycles. The van der Waals surface area contributed by atoms with E-state index in [2.05, 4.69) is 31.4 Å². The number of nitrogens with one attached hydrogen (secondary N) is 2. The highest BCUT2D eigenvalue weighted by Gasteiger charge is 2.36. The summed E-state index contributed by atoms with van der Waals surface area (Å²) in [5, 5.41) is 10.9. The topological polar surface area (TPSA) is 87.3 Å². The van der Waals surface area contributed by atoms with Crippen molar-refractivity contribution < 1.29 is 14.3 Å². The Morgan fingerprint density at radius 1 is 1.54 bits per heavy atom. The van der Waals surface area contributed by atoms with Crippen LogP contribution in [0.3, 0.4) is 0 Å². The van der Waals surface area contributed by atoms with Crippen molar-refractivity contribution in [3.8, 4) is 0 Å². The standard InChI is InChI=1S/C16H19BrN4O3/c1-24-6-2-5-18-16(23)10-7-14(22)21(9-10)15-12-4-3-11(17)8-13(12)19-20-15/h3-4,8,10H,2,5-7,9H2,1H3,(H,18,23)(H,19,20)/t10-/m0/s1. The zero-order chi connectivity index (χ0) is 17.1. The van der Waals surface area contributed by atoms with Gasteiger partial charge < -0.3 is 10.1 Å². The Morgan fingerprint density at radius 2 is 2.38 bits per heavy atom. The minimum absolute atomic E-state index is 0.0802. The number of hydrogen-bond donors (Lipinski definition) is 2. The summed E-state index contributed by atoms with van der Waals surface area (Å²) >= 11 is 3.41. The Kier molecular flexibility index (Phi) is 5.15. The largest absolute Gasteiger partial charge is 0.385 e. The van der Waals surface area contributed by atoms with E-state index in [1.54, 1.807) is 12.0 Å². The Balaban J connectivity index is 1.69. The lowest BCUT2D eigenvalue weighted by molar-refractivity contribution is -0.126. The van der Waals surface area contributed by atoms with E-state index in [0.29, 0.717) is 25.5 Å². The molecule has 24 heavy (non-hydrogen) atoms. The van der Waals surface area contributed by atoms with Gasteiger partial charge in [0.1, 0.15) is 0 Å². The number of halogens is 1. The first-order valence-electron chi connectivity index (χ1n) is 7.81. The molecule has 3 rings (SSSR count). The number of H-pyrrole nitrogens is 1. The molecule has 128 valence electrons. The lowest BCUT2D eigenvalue weighted by Crippen LogP contribution is -2.34. The number of carbonyl (C=O) groups excluding carboxylic acids is 2. The first kappa shape index (κ1) is 16.9. The molecule has 1 aromatic carbocycles. The number of anilines is 1. The van der Waals surface area contributed by atoms with Gasteiger partial charge in [-0.15, -0.1) is 0 Å². The number of hydrogen-bond acceptors (Lipinski definition) is 4. The summed E-state index contributed by atoms with van der Waals surface area (Å²) in [7, 11) is 1.63. The maximum atomic E-state index is 12.3. The monoisotopic (exact) mass is 394 g/mol. The Labute approximate surface area is 147 Å². The molecular weight excluding hydrogens is 376 g/mol. The molecular formula is C16H19BrN4O3. The summed E-state index contributed by atoms with van der Waals surface area (Å²) in [4.78, 5) is 26.1. The Hall–Kier alpha value is -1.93. The number of nitrogens with zero attached hydrogens (tertiary/aromatic N) is 2. The molecule has 2 N–H and O–H groups in total. The van der Waals surface area contributed by atoms with Gasteiger partial charge in [-0.05, 0) is 24.6 Å². The molecule has 0 unspecified atom stereocenters. The average Bonchev–Trinajstić information content (AvgIpc) is 3.14. The molecule has 0 saturated carbocycles. The molecule has 0 radical (unpaired) electrons. The molecule has 8 heteroatoms. The molecule has 2 heterocycles. The lowest BCUT2D eigenvalue weighted by atomic mass is 10.1. The smallest absolute Gasteiger partial charge is 0.229 e. The first-order chi connectivity index (χ1) is 11.6. The zero-order valence-corrected chi connectivity index (χ0v) is 14.9. The van der Waals surface area contributed by atoms with Crippen molar-refractivity contribution in [2.45, 2.75) is 12.8 Å². The highest BCUT2D eigenvalue weighted by atomic mass is 79.9. The summed E-state index contributed by atoms with van der Waals surface area (Å²) in [6.07, 6.45) is 0.965. The van der Waals surface area contributed by atoms with Crippen LogP contribution in [-0.2, 0) is 14.3 Å². The van der Waals surface area contributed by atoms with Crippen molar-refractivity contribution >= 4 is 44.5 Å². The normalized spacial score (nSPS) is 17.7. The van der Waals surface area contributed by atoms with E-state index in [4.69, 9.17) is 4.74 Å². The van der Waals surface area contributed by atoms with Gasteiger partial charge >= 0.3 is 0 Å². The van der Waals surface area contributed by atoms with Crippen LogP contribution < -0.4 is 10.2 Å². The number of ether oxygens (including phenoxy) is 1. The van der Waals surface area contributed by atoms with Gasteiger partial charge in [0, 0.05) is 43.1 Å². The summed E-state index contributed by atoms with van der Waals surface area (Å²) in [5.74, 6) is 0.0623. The predicted molar refractivity (Wildman–Crippen MR) is 93.8 cm³/mol. The molecule has 1 atom stereocenters. The minimum Gasteiger partial charge on any atom is -0.385 e. The van der Waals surface area contributed by atoms with Crippen molar-refractivity contribution in [3.05, 3.63) is 22.7 Å². The van der Waals surface area contributed by atoms with Gasteiger partial charge in [0.05, 0.1) is 11.4 Å². The number of rotatable bonds is 6. The molecule has 0 spiro atoms. The molecule has 1 fully saturated rings. The number of aromatic amines is 1. The SMILES string of the molecule is COCCCNC(=O)[C@H]1CC(=O)N(c2n[nH]c3cc(Br)ccc23)C1. The van der Waals surface area contributed by atoms with Gasteiger partial charge in [-0.2, -0.15) is 5.10 Å². The fourth-order valence-corrected chi connectivity index (χ4v) is 3.20. The summed E-state index contributed by atoms with van der Waals surface area (Å²) < 4.78 is 5.89. The molecule has 0 bridgehead atoms. The molecule has 0 aliphatic carbocycles. The number of aromatic nitrogens is 2. The van der Waals surface area contributed by atoms with Crippen LogP contribution in [0.4, 0.5) is 5.82 Å². The second-order valence-electron chi connectivity index (χ2n) is 5.78. The van der Waals surface area contributed by atoms with Crippen LogP contribution in [0.5, 0.6) is 0 Å². The van der Waals surface area contributed by atoms with Crippen molar-refractivity contribution in [2.24, 2.45) is 5.92 Å². The van der Waals surface area contributed by atoms with Crippen molar-refractivity contribution in [2.75, 3.05) is 31.7 Å². The third kappa shape index (κ3) is 3.44. The predicted octanol–water partition coefficient (Wildman–Crippen LogP) is 1.83. The van der Waals surface area contributed by atoms with Crippen LogP contribution in [0.15, 0.2) is 22.7 Å². The Bertz CT molecular complexity index is 761. The van der Waals surface area contributed by atoms with Crippen molar-refractivity contribution in [3.63, 3.8) is 0 Å². The number of benzene rings is 1. The lowest BCUT2D eigenvalue weighted by Gasteiger charge is -2.14. The van der Waals surface area contributed by atoms with Crippen LogP contribution in [0.25, 0.3) is 10.9 Å². The van der Waals surface area contributed by atoms with Crippen LogP contribution in [0.1, 0.15) is 12.8 Å². The van der Waals surface area contributed by atoms with Crippen molar-refractivity contribution in [1.29, 1.82) is 0 Å². The number of fused-ring (bicyclic) bond motifs is 1. The average molecular weight is 395 g/mol. The summed E-state index contributed by atoms with van der Waals surface area (Å²) in [6, 6.07) is 5.72. The third-order valence-corrected chi connectivity index (χ3v) is 4.57. The van der Waals surface area contributed by atoms with E-state index in [0.717, 1.165) is 21.8 Å². The van der Waals surface area contributed by atoms with Gasteiger partial charge in [0.25, 0.3) is 0 Å². The number of carbonyl (C=O) groups is 2. The fraction of sp³-hybridized carbons (Fsp3) is 0.438. The van der Waals surface area contributed by atoms with Crippen LogP contribution in [0, 0.1) is 5.92 Å². The third-order valence-electron chi connectivity index (χ3n) is 4.08. The quantitative estimate of drug-likeness (QED) is 0.731. The maximum absolute atomic E-state index is 12.3. The van der Waals surface area contributed by atoms with Gasteiger partial charge in [-0.3, -0.25) is 19.6 Å². The van der Waals surface area contributed by atoms with E-state index >= 15 is 0 Å². The molecule has 1 aliphatic heterocycles. The molecule has 2 aromatic rings. The molecule has 1 aromatic heterocycles. The van der Waals surface area contributed by atoms with Crippen LogP contribution in [0.2, 0.25) is 0 Å². The van der Waals surface area contributed by atoms with E-state index in [1.807, 2.05) is 18.2 Å². The minimum atomic E-state index is -0.345. The second-order valence-corrected chi connectivity index (χ2v) is 6.70. The molecule has 1 aliphatic rings. The number of amides is 2. The van der Waals surface area contributed by atoms with Crippen LogP contribution in [-0.4, -0.2) is 48.8 Å². The fourth-order valence-electron chi connectivity index (χ4n) is 2.84. The van der Waals surface area contributed by atoms with Gasteiger partial charge in [-0.25, -0.2) is 0 Å². The van der Waals surface area contributed by atoms with Gasteiger partial charge in [0.2, 0.25) is 11.8 Å². The second kappa shape index (κ2) is 7.31. The summed E-state index contributed by atoms with van der Waals surface area (Å²) in [6.45, 7) is 1.51. The molecule has 2 amide bonds. The van der Waals surface area contributed by atoms with E-state index in [-0.39, 0.29) is 24.2 Å². The Morgan fingerprint density at radius 3 is 3.17 bits per heavy atom. The van der Waals surface area contributed by atoms with E-state index < -0.39 is 0 Å². The number of methoxy groups -OCH3 is 1. The molecule has 7 nitrogen and oxygen atoms in total. The van der Waals surface area contributed by atoms with Crippen molar-refractivity contribution in [1.82, 2.24) is 15.5 Å². The maximum Gasteiger partial charge on any atom is 0.229 e. The van der Waals surface area contributed by atoms with E-state index in [1.165, 1.54) is 0 Å². The van der Waals surface area contributed by atoms with Gasteiger partial charge in [-0.1, -0.05) is 15.9 Å². The van der Waals surface area contributed by atoms with Crippen LogP contribution >= 0.6 is 15.9 Å². The highest BCUT2D eigenvalue weighted by Crippen LogP contribution is 2.31. The first-order valence-corrected chi connectivity index (χ1v) is 8.60.